The van der Waals surface area contributed by atoms with Crippen LogP contribution in [0.4, 0.5) is 24.5 Å². The van der Waals surface area contributed by atoms with Crippen molar-refractivity contribution in [2.24, 2.45) is 0 Å². The fraction of sp³-hybridized carbons (Fsp3) is 0.176. The lowest BCUT2D eigenvalue weighted by atomic mass is 10.2. The molecule has 0 aliphatic rings. The summed E-state index contributed by atoms with van der Waals surface area (Å²) in [5, 5.41) is 16.9. The first-order valence-corrected chi connectivity index (χ1v) is 7.90. The van der Waals surface area contributed by atoms with E-state index in [-0.39, 0.29) is 12.4 Å². The van der Waals surface area contributed by atoms with Crippen LogP contribution in [0.15, 0.2) is 40.9 Å². The Hall–Kier alpha value is -3.43. The molecule has 3 aromatic rings. The zero-order valence-corrected chi connectivity index (χ0v) is 13.8. The molecule has 0 aliphatic carbocycles. The molecule has 0 fully saturated rings. The normalized spacial score (nSPS) is 10.8. The van der Waals surface area contributed by atoms with Crippen LogP contribution in [-0.4, -0.2) is 21.6 Å². The number of aryl methyl sites for hydroxylation is 1. The van der Waals surface area contributed by atoms with E-state index in [1.54, 1.807) is 0 Å². The minimum atomic E-state index is -1.04. The first-order valence-electron chi connectivity index (χ1n) is 7.90. The predicted molar refractivity (Wildman–Crippen MR) is 89.5 cm³/mol. The molecular weight excluding hydrogens is 365 g/mol. The Morgan fingerprint density at radius 2 is 1.78 bits per heavy atom. The summed E-state index contributed by atoms with van der Waals surface area (Å²) in [6.07, 6.45) is 0.762. The van der Waals surface area contributed by atoms with Gasteiger partial charge in [-0.15, -0.1) is 0 Å². The molecule has 0 unspecified atom stereocenters. The van der Waals surface area contributed by atoms with Crippen LogP contribution in [-0.2, 0) is 6.42 Å². The summed E-state index contributed by atoms with van der Waals surface area (Å²) in [6.45, 7) is 0.180. The number of nitro groups is 1. The number of anilines is 1. The van der Waals surface area contributed by atoms with E-state index in [4.69, 9.17) is 4.52 Å². The Labute approximate surface area is 151 Å². The molecule has 0 amide bonds. The largest absolute Gasteiger partial charge is 0.380 e. The van der Waals surface area contributed by atoms with Gasteiger partial charge in [0.25, 0.3) is 5.69 Å². The molecule has 0 aliphatic heterocycles. The van der Waals surface area contributed by atoms with Gasteiger partial charge < -0.3 is 9.84 Å². The topological polar surface area (TPSA) is 94.1 Å². The van der Waals surface area contributed by atoms with Crippen LogP contribution in [0, 0.1) is 27.6 Å². The van der Waals surface area contributed by atoms with Crippen LogP contribution in [0.2, 0.25) is 0 Å². The molecule has 2 aromatic carbocycles. The molecule has 10 heteroatoms. The molecule has 1 heterocycles. The van der Waals surface area contributed by atoms with E-state index in [2.05, 4.69) is 15.5 Å². The molecule has 27 heavy (non-hydrogen) atoms. The van der Waals surface area contributed by atoms with E-state index in [1.165, 1.54) is 24.3 Å². The fourth-order valence-electron chi connectivity index (χ4n) is 2.36. The van der Waals surface area contributed by atoms with E-state index in [0.717, 1.165) is 0 Å². The molecule has 0 saturated carbocycles. The average molecular weight is 378 g/mol. The Balaban J connectivity index is 1.55. The Bertz CT molecular complexity index is 937. The number of nitrogens with one attached hydrogen (secondary N) is 1. The summed E-state index contributed by atoms with van der Waals surface area (Å²) in [5.74, 6) is -1.83. The summed E-state index contributed by atoms with van der Waals surface area (Å²) in [7, 11) is 0. The number of hydrogen-bond acceptors (Lipinski definition) is 6. The number of nitro benzene ring substituents is 1. The van der Waals surface area contributed by atoms with Crippen molar-refractivity contribution < 1.29 is 22.6 Å². The van der Waals surface area contributed by atoms with Gasteiger partial charge in [0.2, 0.25) is 11.7 Å². The Kier molecular flexibility index (Phi) is 5.34. The minimum absolute atomic E-state index is 0.180. The highest BCUT2D eigenvalue weighted by molar-refractivity contribution is 5.54. The predicted octanol–water partition coefficient (Wildman–Crippen LogP) is 4.11. The van der Waals surface area contributed by atoms with E-state index < -0.39 is 27.9 Å². The number of halogens is 3. The van der Waals surface area contributed by atoms with Crippen molar-refractivity contribution in [3.8, 4) is 11.4 Å². The van der Waals surface area contributed by atoms with Crippen molar-refractivity contribution in [2.75, 3.05) is 11.9 Å². The first-order chi connectivity index (χ1) is 12.9. The molecular formula is C17H13F3N4O3. The zero-order chi connectivity index (χ0) is 19.4. The Morgan fingerprint density at radius 1 is 1.11 bits per heavy atom. The minimum Gasteiger partial charge on any atom is -0.380 e. The van der Waals surface area contributed by atoms with E-state index >= 15 is 0 Å². The van der Waals surface area contributed by atoms with Crippen LogP contribution >= 0.6 is 0 Å². The number of aromatic nitrogens is 2. The molecule has 0 radical (unpaired) electrons. The first kappa shape index (κ1) is 18.4. The molecule has 0 spiro atoms. The van der Waals surface area contributed by atoms with Crippen molar-refractivity contribution >= 4 is 11.4 Å². The summed E-state index contributed by atoms with van der Waals surface area (Å²) >= 11 is 0. The second-order valence-corrected chi connectivity index (χ2v) is 5.59. The second-order valence-electron chi connectivity index (χ2n) is 5.59. The molecule has 140 valence electrons. The van der Waals surface area contributed by atoms with Gasteiger partial charge in [-0.2, -0.15) is 4.98 Å². The van der Waals surface area contributed by atoms with Crippen molar-refractivity contribution in [2.45, 2.75) is 12.8 Å². The molecule has 0 saturated heterocycles. The van der Waals surface area contributed by atoms with Gasteiger partial charge in [-0.3, -0.25) is 10.1 Å². The number of rotatable bonds is 7. The second kappa shape index (κ2) is 7.85. The maximum absolute atomic E-state index is 13.8. The lowest BCUT2D eigenvalue weighted by Crippen LogP contribution is -2.07. The third-order valence-electron chi connectivity index (χ3n) is 3.68. The monoisotopic (exact) mass is 378 g/mol. The van der Waals surface area contributed by atoms with E-state index in [9.17, 15) is 23.3 Å². The molecule has 0 bridgehead atoms. The summed E-state index contributed by atoms with van der Waals surface area (Å²) < 4.78 is 45.5. The lowest BCUT2D eigenvalue weighted by Gasteiger charge is -2.07. The summed E-state index contributed by atoms with van der Waals surface area (Å²) in [4.78, 5) is 13.9. The van der Waals surface area contributed by atoms with Crippen LogP contribution in [0.25, 0.3) is 11.4 Å². The maximum atomic E-state index is 13.8. The van der Waals surface area contributed by atoms with Crippen molar-refractivity contribution in [1.29, 1.82) is 0 Å². The van der Waals surface area contributed by atoms with Gasteiger partial charge in [0.05, 0.1) is 17.1 Å². The molecule has 1 aromatic heterocycles. The highest BCUT2D eigenvalue weighted by atomic mass is 19.1. The van der Waals surface area contributed by atoms with E-state index in [0.29, 0.717) is 42.3 Å². The average Bonchev–Trinajstić information content (AvgIpc) is 3.09. The molecule has 1 N–H and O–H groups in total. The van der Waals surface area contributed by atoms with Gasteiger partial charge in [-0.25, -0.2) is 13.2 Å². The fourth-order valence-corrected chi connectivity index (χ4v) is 2.36. The SMILES string of the molecule is O=[N+]([O-])c1cc(F)c(NCCCc2nc(-c3ccc(F)cc3)no2)c(F)c1. The number of hydrogen-bond donors (Lipinski definition) is 1. The highest BCUT2D eigenvalue weighted by Crippen LogP contribution is 2.25. The Morgan fingerprint density at radius 3 is 2.41 bits per heavy atom. The van der Waals surface area contributed by atoms with Crippen LogP contribution < -0.4 is 5.32 Å². The van der Waals surface area contributed by atoms with Gasteiger partial charge in [-0.1, -0.05) is 5.16 Å². The number of benzene rings is 2. The van der Waals surface area contributed by atoms with Gasteiger partial charge >= 0.3 is 0 Å². The summed E-state index contributed by atoms with van der Waals surface area (Å²) in [6, 6.07) is 6.90. The van der Waals surface area contributed by atoms with Crippen LogP contribution in [0.3, 0.4) is 0 Å². The van der Waals surface area contributed by atoms with Crippen molar-refractivity contribution in [1.82, 2.24) is 10.1 Å². The standard InChI is InChI=1S/C17H13F3N4O3/c18-11-5-3-10(4-6-11)17-22-15(27-23-17)2-1-7-21-16-13(19)8-12(24(25)26)9-14(16)20/h3-6,8-9,21H,1-2,7H2. The zero-order valence-electron chi connectivity index (χ0n) is 13.8. The third-order valence-corrected chi connectivity index (χ3v) is 3.68. The van der Waals surface area contributed by atoms with E-state index in [1.807, 2.05) is 0 Å². The molecule has 7 nitrogen and oxygen atoms in total. The van der Waals surface area contributed by atoms with Crippen molar-refractivity contribution in [3.05, 3.63) is 69.9 Å². The summed E-state index contributed by atoms with van der Waals surface area (Å²) in [5.41, 5.74) is -0.493. The number of non-ortho nitro benzene ring substituents is 1. The lowest BCUT2D eigenvalue weighted by molar-refractivity contribution is -0.385. The quantitative estimate of drug-likeness (QED) is 0.378. The number of nitrogens with zero attached hydrogens (tertiary/aromatic N) is 3. The third kappa shape index (κ3) is 4.40. The van der Waals surface area contributed by atoms with Crippen LogP contribution in [0.1, 0.15) is 12.3 Å². The van der Waals surface area contributed by atoms with Gasteiger partial charge in [0.15, 0.2) is 11.6 Å². The van der Waals surface area contributed by atoms with Crippen LogP contribution in [0.5, 0.6) is 0 Å². The molecule has 3 rings (SSSR count). The van der Waals surface area contributed by atoms with Gasteiger partial charge in [0.1, 0.15) is 11.5 Å². The maximum Gasteiger partial charge on any atom is 0.275 e. The molecule has 0 atom stereocenters. The van der Waals surface area contributed by atoms with Crippen molar-refractivity contribution in [3.63, 3.8) is 0 Å². The van der Waals surface area contributed by atoms with Gasteiger partial charge in [0, 0.05) is 18.5 Å². The smallest absolute Gasteiger partial charge is 0.275 e. The van der Waals surface area contributed by atoms with Gasteiger partial charge in [-0.05, 0) is 30.7 Å². The highest BCUT2D eigenvalue weighted by Gasteiger charge is 2.16.